The first-order valence-electron chi connectivity index (χ1n) is 11.3. The number of carbonyl (C=O) groups is 1. The van der Waals surface area contributed by atoms with E-state index in [1.165, 1.54) is 6.08 Å². The zero-order valence-corrected chi connectivity index (χ0v) is 22.4. The van der Waals surface area contributed by atoms with Crippen LogP contribution in [0, 0.1) is 6.92 Å². The van der Waals surface area contributed by atoms with E-state index in [4.69, 9.17) is 44.3 Å². The highest BCUT2D eigenvalue weighted by atomic mass is 35.5. The van der Waals surface area contributed by atoms with Crippen molar-refractivity contribution in [3.05, 3.63) is 110 Å². The van der Waals surface area contributed by atoms with Gasteiger partial charge in [-0.25, -0.2) is 0 Å². The fourth-order valence-corrected chi connectivity index (χ4v) is 4.34. The number of hydrogen-bond donors (Lipinski definition) is 1. The zero-order valence-electron chi connectivity index (χ0n) is 20.2. The Bertz CT molecular complexity index is 1430. The van der Waals surface area contributed by atoms with Crippen LogP contribution in [0.15, 0.2) is 72.9 Å². The van der Waals surface area contributed by atoms with E-state index in [0.717, 1.165) is 22.4 Å². The van der Waals surface area contributed by atoms with Gasteiger partial charge in [-0.05, 0) is 54.5 Å². The number of benzene rings is 3. The van der Waals surface area contributed by atoms with Crippen LogP contribution in [0.5, 0.6) is 11.5 Å². The Morgan fingerprint density at radius 2 is 1.76 bits per heavy atom. The molecule has 1 aromatic heterocycles. The maximum absolute atomic E-state index is 12.6. The van der Waals surface area contributed by atoms with Gasteiger partial charge >= 0.3 is 0 Å². The minimum atomic E-state index is -0.378. The lowest BCUT2D eigenvalue weighted by Crippen LogP contribution is -2.10. The molecule has 190 valence electrons. The Labute approximate surface area is 230 Å². The molecule has 0 aliphatic carbocycles. The lowest BCUT2D eigenvalue weighted by atomic mass is 10.1. The number of carbonyl (C=O) groups excluding carboxylic acids is 1. The van der Waals surface area contributed by atoms with Crippen LogP contribution in [-0.2, 0) is 17.9 Å². The second-order valence-electron chi connectivity index (χ2n) is 8.17. The van der Waals surface area contributed by atoms with Gasteiger partial charge in [0, 0.05) is 33.4 Å². The molecular formula is C28H24Cl3N3O3. The standard InChI is InChI=1S/C28H24Cl3N3O3/c1-18-6-3-4-9-25(18)37-17-20-14-19(10-12-26(20)36-2)11-13-27(35)32-28-24(31)16-34(33-28)15-21-22(29)7-5-8-23(21)30/h3-14,16H,15,17H2,1-2H3,(H,32,33,35)/b13-11+. The summed E-state index contributed by atoms with van der Waals surface area (Å²) < 4.78 is 13.0. The van der Waals surface area contributed by atoms with Crippen LogP contribution < -0.4 is 14.8 Å². The van der Waals surface area contributed by atoms with Crippen LogP contribution in [0.3, 0.4) is 0 Å². The van der Waals surface area contributed by atoms with Crippen molar-refractivity contribution in [2.45, 2.75) is 20.1 Å². The third-order valence-electron chi connectivity index (χ3n) is 5.55. The van der Waals surface area contributed by atoms with Crippen LogP contribution in [0.2, 0.25) is 15.1 Å². The summed E-state index contributed by atoms with van der Waals surface area (Å²) in [6.07, 6.45) is 4.71. The summed E-state index contributed by atoms with van der Waals surface area (Å²) in [6, 6.07) is 18.7. The third kappa shape index (κ3) is 6.86. The number of aryl methyl sites for hydroxylation is 1. The summed E-state index contributed by atoms with van der Waals surface area (Å²) in [6.45, 7) is 2.62. The lowest BCUT2D eigenvalue weighted by Gasteiger charge is -2.12. The highest BCUT2D eigenvalue weighted by molar-refractivity contribution is 6.36. The summed E-state index contributed by atoms with van der Waals surface area (Å²) in [5.41, 5.74) is 3.42. The number of rotatable bonds is 9. The van der Waals surface area contributed by atoms with Gasteiger partial charge in [0.15, 0.2) is 5.82 Å². The fraction of sp³-hybridized carbons (Fsp3) is 0.143. The summed E-state index contributed by atoms with van der Waals surface area (Å²) in [5, 5.41) is 8.39. The van der Waals surface area contributed by atoms with Gasteiger partial charge in [0.05, 0.1) is 13.7 Å². The SMILES string of the molecule is COc1ccc(/C=C/C(=O)Nc2nn(Cc3c(Cl)cccc3Cl)cc2Cl)cc1COc1ccccc1C. The zero-order chi connectivity index (χ0) is 26.4. The van der Waals surface area contributed by atoms with Crippen molar-refractivity contribution < 1.29 is 14.3 Å². The monoisotopic (exact) mass is 555 g/mol. The van der Waals surface area contributed by atoms with Crippen LogP contribution in [0.25, 0.3) is 6.08 Å². The summed E-state index contributed by atoms with van der Waals surface area (Å²) in [4.78, 5) is 12.6. The first kappa shape index (κ1) is 26.6. The fourth-order valence-electron chi connectivity index (χ4n) is 3.63. The molecule has 0 spiro atoms. The Hall–Kier alpha value is -3.45. The van der Waals surface area contributed by atoms with Crippen molar-refractivity contribution in [1.29, 1.82) is 0 Å². The smallest absolute Gasteiger partial charge is 0.249 e. The molecule has 0 saturated heterocycles. The van der Waals surface area contributed by atoms with E-state index in [1.54, 1.807) is 42.3 Å². The van der Waals surface area contributed by atoms with Crippen LogP contribution >= 0.6 is 34.8 Å². The molecule has 1 amide bonds. The molecule has 1 N–H and O–H groups in total. The molecule has 0 aliphatic heterocycles. The van der Waals surface area contributed by atoms with Gasteiger partial charge in [-0.1, -0.05) is 65.1 Å². The Morgan fingerprint density at radius 3 is 2.49 bits per heavy atom. The minimum absolute atomic E-state index is 0.238. The average Bonchev–Trinajstić information content (AvgIpc) is 3.23. The van der Waals surface area contributed by atoms with Crippen LogP contribution in [0.1, 0.15) is 22.3 Å². The number of aromatic nitrogens is 2. The van der Waals surface area contributed by atoms with Gasteiger partial charge in [-0.3, -0.25) is 9.48 Å². The molecule has 0 bridgehead atoms. The average molecular weight is 557 g/mol. The van der Waals surface area contributed by atoms with Gasteiger partial charge in [0.2, 0.25) is 5.91 Å². The predicted octanol–water partition coefficient (Wildman–Crippen LogP) is 7.44. The van der Waals surface area contributed by atoms with Crippen molar-refractivity contribution in [2.24, 2.45) is 0 Å². The molecule has 0 unspecified atom stereocenters. The minimum Gasteiger partial charge on any atom is -0.496 e. The first-order valence-corrected chi connectivity index (χ1v) is 12.5. The molecular weight excluding hydrogens is 533 g/mol. The molecule has 4 rings (SSSR count). The molecule has 0 radical (unpaired) electrons. The Morgan fingerprint density at radius 1 is 1.00 bits per heavy atom. The van der Waals surface area contributed by atoms with Gasteiger partial charge in [-0.2, -0.15) is 5.10 Å². The number of hydrogen-bond acceptors (Lipinski definition) is 4. The molecule has 3 aromatic carbocycles. The van der Waals surface area contributed by atoms with Gasteiger partial charge < -0.3 is 14.8 Å². The number of ether oxygens (including phenoxy) is 2. The maximum Gasteiger partial charge on any atom is 0.249 e. The predicted molar refractivity (Wildman–Crippen MR) is 149 cm³/mol. The van der Waals surface area contributed by atoms with Crippen molar-refractivity contribution >= 4 is 52.6 Å². The Balaban J connectivity index is 1.42. The normalized spacial score (nSPS) is 11.1. The molecule has 37 heavy (non-hydrogen) atoms. The van der Waals surface area contributed by atoms with E-state index in [9.17, 15) is 4.79 Å². The highest BCUT2D eigenvalue weighted by Gasteiger charge is 2.13. The number of nitrogens with zero attached hydrogens (tertiary/aromatic N) is 2. The number of halogens is 3. The van der Waals surface area contributed by atoms with Gasteiger partial charge in [0.25, 0.3) is 0 Å². The quantitative estimate of drug-likeness (QED) is 0.218. The van der Waals surface area contributed by atoms with E-state index in [1.807, 2.05) is 49.4 Å². The number of nitrogens with one attached hydrogen (secondary N) is 1. The number of para-hydroxylation sites is 1. The highest BCUT2D eigenvalue weighted by Crippen LogP contribution is 2.27. The largest absolute Gasteiger partial charge is 0.496 e. The van der Waals surface area contributed by atoms with Crippen molar-refractivity contribution in [3.63, 3.8) is 0 Å². The van der Waals surface area contributed by atoms with Gasteiger partial charge in [0.1, 0.15) is 23.1 Å². The van der Waals surface area contributed by atoms with E-state index in [2.05, 4.69) is 10.4 Å². The molecule has 0 saturated carbocycles. The molecule has 1 heterocycles. The number of methoxy groups -OCH3 is 1. The lowest BCUT2D eigenvalue weighted by molar-refractivity contribution is -0.111. The molecule has 4 aromatic rings. The Kier molecular flexibility index (Phi) is 8.77. The van der Waals surface area contributed by atoms with E-state index < -0.39 is 0 Å². The van der Waals surface area contributed by atoms with Crippen LogP contribution in [0.4, 0.5) is 5.82 Å². The van der Waals surface area contributed by atoms with Gasteiger partial charge in [-0.15, -0.1) is 0 Å². The van der Waals surface area contributed by atoms with Crippen molar-refractivity contribution in [2.75, 3.05) is 12.4 Å². The summed E-state index contributed by atoms with van der Waals surface area (Å²) in [7, 11) is 1.61. The molecule has 0 atom stereocenters. The number of anilines is 1. The topological polar surface area (TPSA) is 65.4 Å². The summed E-state index contributed by atoms with van der Waals surface area (Å²) >= 11 is 18.8. The van der Waals surface area contributed by atoms with Crippen molar-refractivity contribution in [3.8, 4) is 11.5 Å². The molecule has 0 fully saturated rings. The second-order valence-corrected chi connectivity index (χ2v) is 9.39. The summed E-state index contributed by atoms with van der Waals surface area (Å²) in [5.74, 6) is 1.36. The third-order valence-corrected chi connectivity index (χ3v) is 6.53. The first-order chi connectivity index (χ1) is 17.8. The van der Waals surface area contributed by atoms with E-state index in [-0.39, 0.29) is 11.7 Å². The number of amides is 1. The molecule has 6 nitrogen and oxygen atoms in total. The van der Waals surface area contributed by atoms with E-state index in [0.29, 0.717) is 39.5 Å². The maximum atomic E-state index is 12.6. The second kappa shape index (κ2) is 12.2. The van der Waals surface area contributed by atoms with E-state index >= 15 is 0 Å². The molecule has 9 heteroatoms. The van der Waals surface area contributed by atoms with Crippen molar-refractivity contribution in [1.82, 2.24) is 9.78 Å². The van der Waals surface area contributed by atoms with Crippen LogP contribution in [-0.4, -0.2) is 22.8 Å². The molecule has 0 aliphatic rings.